The first-order chi connectivity index (χ1) is 8.10. The molecule has 0 aliphatic heterocycles. The van der Waals surface area contributed by atoms with E-state index in [0.29, 0.717) is 6.42 Å². The van der Waals surface area contributed by atoms with Gasteiger partial charge in [0.15, 0.2) is 5.78 Å². The lowest BCUT2D eigenvalue weighted by Crippen LogP contribution is -2.13. The number of Topliss-reactive ketones (excluding diaryl/α,β-unsaturated/α-hetero) is 2. The van der Waals surface area contributed by atoms with Crippen LogP contribution in [0.2, 0.25) is 0 Å². The van der Waals surface area contributed by atoms with E-state index in [4.69, 9.17) is 0 Å². The third-order valence-corrected chi connectivity index (χ3v) is 2.15. The fourth-order valence-electron chi connectivity index (χ4n) is 1.26. The molecule has 0 aliphatic rings. The van der Waals surface area contributed by atoms with Crippen molar-refractivity contribution in [2.45, 2.75) is 45.4 Å². The van der Waals surface area contributed by atoms with Gasteiger partial charge in [0.2, 0.25) is 0 Å². The third-order valence-electron chi connectivity index (χ3n) is 2.15. The molecular weight excluding hydrogens is 220 g/mol. The Hall–Kier alpha value is -1.63. The first-order valence-corrected chi connectivity index (χ1v) is 5.60. The van der Waals surface area contributed by atoms with Gasteiger partial charge in [-0.1, -0.05) is 0 Å². The van der Waals surface area contributed by atoms with Gasteiger partial charge in [-0.15, -0.1) is 11.8 Å². The van der Waals surface area contributed by atoms with Crippen LogP contribution in [-0.4, -0.2) is 24.6 Å². The number of unbranched alkanes of at least 4 members (excludes halogenated alkanes) is 2. The normalized spacial score (nSPS) is 9.06. The van der Waals surface area contributed by atoms with Crippen LogP contribution in [0.15, 0.2) is 0 Å². The molecule has 0 atom stereocenters. The van der Waals surface area contributed by atoms with Crippen molar-refractivity contribution >= 4 is 17.5 Å². The number of ketones is 2. The fraction of sp³-hybridized carbons (Fsp3) is 0.615. The number of carbonyl (C=O) groups excluding carboxylic acids is 3. The molecule has 0 bridgehead atoms. The molecule has 94 valence electrons. The highest BCUT2D eigenvalue weighted by molar-refractivity contribution is 6.05. The molecule has 0 amide bonds. The largest absolute Gasteiger partial charge is 0.469 e. The van der Waals surface area contributed by atoms with Gasteiger partial charge in [0.1, 0.15) is 12.2 Å². The Labute approximate surface area is 102 Å². The topological polar surface area (TPSA) is 60.4 Å². The lowest BCUT2D eigenvalue weighted by atomic mass is 10.1. The molecule has 0 N–H and O–H groups in total. The summed E-state index contributed by atoms with van der Waals surface area (Å²) in [6.45, 7) is 1.77. The fourth-order valence-corrected chi connectivity index (χ4v) is 1.26. The van der Waals surface area contributed by atoms with Crippen molar-refractivity contribution < 1.29 is 19.1 Å². The summed E-state index contributed by atoms with van der Waals surface area (Å²) < 4.78 is 4.34. The average Bonchev–Trinajstić information content (AvgIpc) is 2.28. The van der Waals surface area contributed by atoms with Gasteiger partial charge in [-0.25, -0.2) is 0 Å². The predicted molar refractivity (Wildman–Crippen MR) is 63.2 cm³/mol. The Morgan fingerprint density at radius 1 is 1.06 bits per heavy atom. The summed E-state index contributed by atoms with van der Waals surface area (Å²) in [4.78, 5) is 33.3. The lowest BCUT2D eigenvalue weighted by molar-refractivity contribution is -0.143. The Bertz CT molecular complexity index is 333. The quantitative estimate of drug-likeness (QED) is 0.279. The molecule has 4 nitrogen and oxygen atoms in total. The SMILES string of the molecule is CC#CCCCCC(=O)CC(=O)CC(=O)OC. The van der Waals surface area contributed by atoms with Gasteiger partial charge in [0.25, 0.3) is 0 Å². The maximum Gasteiger partial charge on any atom is 0.313 e. The Morgan fingerprint density at radius 2 is 1.76 bits per heavy atom. The molecule has 0 radical (unpaired) electrons. The minimum atomic E-state index is -0.596. The average molecular weight is 238 g/mol. The van der Waals surface area contributed by atoms with Crippen LogP contribution in [0.1, 0.15) is 45.4 Å². The molecule has 0 aromatic carbocycles. The maximum atomic E-state index is 11.3. The smallest absolute Gasteiger partial charge is 0.313 e. The number of esters is 1. The number of ether oxygens (including phenoxy) is 1. The molecule has 4 heteroatoms. The van der Waals surface area contributed by atoms with Gasteiger partial charge < -0.3 is 4.74 Å². The highest BCUT2D eigenvalue weighted by Gasteiger charge is 2.13. The number of rotatable bonds is 8. The summed E-state index contributed by atoms with van der Waals surface area (Å²) >= 11 is 0. The van der Waals surface area contributed by atoms with Crippen molar-refractivity contribution in [3.05, 3.63) is 0 Å². The van der Waals surface area contributed by atoms with Crippen molar-refractivity contribution in [2.75, 3.05) is 7.11 Å². The van der Waals surface area contributed by atoms with Crippen LogP contribution in [0.5, 0.6) is 0 Å². The first kappa shape index (κ1) is 15.4. The Kier molecular flexibility index (Phi) is 8.67. The highest BCUT2D eigenvalue weighted by atomic mass is 16.5. The summed E-state index contributed by atoms with van der Waals surface area (Å²) in [6.07, 6.45) is 2.26. The molecule has 0 aliphatic carbocycles. The van der Waals surface area contributed by atoms with E-state index >= 15 is 0 Å². The van der Waals surface area contributed by atoms with Crippen LogP contribution in [0.25, 0.3) is 0 Å². The van der Waals surface area contributed by atoms with Crippen LogP contribution in [0.3, 0.4) is 0 Å². The van der Waals surface area contributed by atoms with Crippen LogP contribution in [-0.2, 0) is 19.1 Å². The van der Waals surface area contributed by atoms with Gasteiger partial charge >= 0.3 is 5.97 Å². The zero-order chi connectivity index (χ0) is 13.1. The summed E-state index contributed by atoms with van der Waals surface area (Å²) in [7, 11) is 1.21. The van der Waals surface area contributed by atoms with Gasteiger partial charge in [0, 0.05) is 12.8 Å². The van der Waals surface area contributed by atoms with Gasteiger partial charge in [-0.2, -0.15) is 0 Å². The molecule has 0 fully saturated rings. The van der Waals surface area contributed by atoms with E-state index in [9.17, 15) is 14.4 Å². The van der Waals surface area contributed by atoms with Crippen LogP contribution in [0.4, 0.5) is 0 Å². The van der Waals surface area contributed by atoms with Crippen molar-refractivity contribution in [2.24, 2.45) is 0 Å². The van der Waals surface area contributed by atoms with E-state index < -0.39 is 5.97 Å². The van der Waals surface area contributed by atoms with E-state index in [1.165, 1.54) is 7.11 Å². The summed E-state index contributed by atoms with van der Waals surface area (Å²) in [5.41, 5.74) is 0. The van der Waals surface area contributed by atoms with E-state index in [1.54, 1.807) is 6.92 Å². The predicted octanol–water partition coefficient (Wildman–Crippen LogP) is 1.66. The van der Waals surface area contributed by atoms with Crippen molar-refractivity contribution in [1.82, 2.24) is 0 Å². The molecular formula is C13H18O4. The molecule has 0 aromatic rings. The number of hydrogen-bond donors (Lipinski definition) is 0. The second-order valence-corrected chi connectivity index (χ2v) is 3.64. The monoisotopic (exact) mass is 238 g/mol. The van der Waals surface area contributed by atoms with Crippen LogP contribution >= 0.6 is 0 Å². The van der Waals surface area contributed by atoms with Crippen molar-refractivity contribution in [1.29, 1.82) is 0 Å². The third kappa shape index (κ3) is 9.31. The van der Waals surface area contributed by atoms with E-state index in [1.807, 2.05) is 0 Å². The van der Waals surface area contributed by atoms with E-state index in [0.717, 1.165) is 19.3 Å². The van der Waals surface area contributed by atoms with Crippen LogP contribution in [0, 0.1) is 11.8 Å². The highest BCUT2D eigenvalue weighted by Crippen LogP contribution is 2.03. The minimum absolute atomic E-state index is 0.122. The van der Waals surface area contributed by atoms with E-state index in [-0.39, 0.29) is 24.4 Å². The van der Waals surface area contributed by atoms with Crippen molar-refractivity contribution in [3.8, 4) is 11.8 Å². The Balaban J connectivity index is 3.66. The molecule has 17 heavy (non-hydrogen) atoms. The second kappa shape index (κ2) is 9.59. The van der Waals surface area contributed by atoms with Gasteiger partial charge in [0.05, 0.1) is 13.5 Å². The van der Waals surface area contributed by atoms with Crippen LogP contribution < -0.4 is 0 Å². The minimum Gasteiger partial charge on any atom is -0.469 e. The first-order valence-electron chi connectivity index (χ1n) is 5.60. The Morgan fingerprint density at radius 3 is 2.35 bits per heavy atom. The summed E-state index contributed by atoms with van der Waals surface area (Å²) in [5.74, 6) is 4.59. The standard InChI is InChI=1S/C13H18O4/c1-3-4-5-6-7-8-11(14)9-12(15)10-13(16)17-2/h5-10H2,1-2H3. The molecule has 0 heterocycles. The maximum absolute atomic E-state index is 11.3. The second-order valence-electron chi connectivity index (χ2n) is 3.64. The van der Waals surface area contributed by atoms with E-state index in [2.05, 4.69) is 16.6 Å². The molecule has 0 saturated heterocycles. The van der Waals surface area contributed by atoms with Gasteiger partial charge in [-0.05, 0) is 19.8 Å². The summed E-state index contributed by atoms with van der Waals surface area (Å²) in [5, 5.41) is 0. The summed E-state index contributed by atoms with van der Waals surface area (Å²) in [6, 6.07) is 0. The number of carbonyl (C=O) groups is 3. The zero-order valence-corrected chi connectivity index (χ0v) is 10.4. The lowest BCUT2D eigenvalue weighted by Gasteiger charge is -1.99. The molecule has 0 aromatic heterocycles. The van der Waals surface area contributed by atoms with Crippen molar-refractivity contribution in [3.63, 3.8) is 0 Å². The molecule has 0 unspecified atom stereocenters. The number of methoxy groups -OCH3 is 1. The molecule has 0 saturated carbocycles. The van der Waals surface area contributed by atoms with Gasteiger partial charge in [-0.3, -0.25) is 14.4 Å². The molecule has 0 rings (SSSR count). The molecule has 0 spiro atoms. The number of hydrogen-bond acceptors (Lipinski definition) is 4. The zero-order valence-electron chi connectivity index (χ0n) is 10.4.